The van der Waals surface area contributed by atoms with E-state index in [0.717, 1.165) is 52.1 Å². The van der Waals surface area contributed by atoms with Gasteiger partial charge in [0.1, 0.15) is 11.7 Å². The van der Waals surface area contributed by atoms with Crippen LogP contribution in [0.25, 0.3) is 22.2 Å². The fourth-order valence-corrected chi connectivity index (χ4v) is 4.55. The molecule has 1 aromatic heterocycles. The number of imidazole rings is 1. The second-order valence-electron chi connectivity index (χ2n) is 9.00. The van der Waals surface area contributed by atoms with E-state index in [0.29, 0.717) is 17.9 Å². The molecule has 38 heavy (non-hydrogen) atoms. The fourth-order valence-electron chi connectivity index (χ4n) is 4.55. The molecular weight excluding hydrogens is 476 g/mol. The molecule has 0 saturated heterocycles. The van der Waals surface area contributed by atoms with Gasteiger partial charge in [0.15, 0.2) is 5.92 Å². The molecular formula is C30H28N6O2. The number of rotatable bonds is 8. The van der Waals surface area contributed by atoms with Crippen LogP contribution in [0, 0.1) is 35.5 Å². The largest absolute Gasteiger partial charge is 0.478 e. The topological polar surface area (TPSA) is 127 Å². The lowest BCUT2D eigenvalue weighted by molar-refractivity contribution is 0.0697. The number of carboxylic acids is 1. The van der Waals surface area contributed by atoms with Crippen LogP contribution in [0.1, 0.15) is 40.7 Å². The molecule has 190 valence electrons. The maximum absolute atomic E-state index is 11.7. The first-order valence-electron chi connectivity index (χ1n) is 12.3. The molecule has 0 aliphatic heterocycles. The molecule has 0 unspecified atom stereocenters. The second kappa shape index (κ2) is 11.4. The highest BCUT2D eigenvalue weighted by Crippen LogP contribution is 2.28. The molecule has 0 radical (unpaired) electrons. The zero-order valence-electron chi connectivity index (χ0n) is 21.6. The average molecular weight is 505 g/mol. The molecule has 8 nitrogen and oxygen atoms in total. The number of nitrogens with zero attached hydrogens (tertiary/aromatic N) is 5. The number of amidine groups is 1. The van der Waals surface area contributed by atoms with Crippen molar-refractivity contribution in [1.82, 2.24) is 9.55 Å². The molecule has 4 aromatic rings. The van der Waals surface area contributed by atoms with Crippen molar-refractivity contribution in [3.05, 3.63) is 83.2 Å². The third-order valence-electron chi connectivity index (χ3n) is 6.41. The van der Waals surface area contributed by atoms with Crippen LogP contribution in [0.5, 0.6) is 0 Å². The van der Waals surface area contributed by atoms with Crippen molar-refractivity contribution in [2.24, 2.45) is 10.9 Å². The Morgan fingerprint density at radius 1 is 1.13 bits per heavy atom. The minimum Gasteiger partial charge on any atom is -0.478 e. The first-order valence-corrected chi connectivity index (χ1v) is 12.3. The fraction of sp³-hybridized carbons (Fsp3) is 0.233. The van der Waals surface area contributed by atoms with Gasteiger partial charge in [0.2, 0.25) is 0 Å². The molecule has 4 rings (SSSR count). The van der Waals surface area contributed by atoms with Crippen LogP contribution < -0.4 is 5.32 Å². The van der Waals surface area contributed by atoms with Gasteiger partial charge in [-0.25, -0.2) is 9.78 Å². The molecule has 3 aromatic carbocycles. The maximum Gasteiger partial charge on any atom is 0.336 e. The number of hydrogen-bond donors (Lipinski definition) is 2. The lowest BCUT2D eigenvalue weighted by Crippen LogP contribution is -2.20. The highest BCUT2D eigenvalue weighted by Gasteiger charge is 2.18. The molecule has 0 aliphatic rings. The smallest absolute Gasteiger partial charge is 0.336 e. The predicted octanol–water partition coefficient (Wildman–Crippen LogP) is 5.81. The Hall–Kier alpha value is -4.95. The zero-order valence-corrected chi connectivity index (χ0v) is 21.6. The van der Waals surface area contributed by atoms with Crippen LogP contribution in [0.4, 0.5) is 5.69 Å². The van der Waals surface area contributed by atoms with Gasteiger partial charge < -0.3 is 15.0 Å². The van der Waals surface area contributed by atoms with Crippen LogP contribution in [0.3, 0.4) is 0 Å². The number of aliphatic imine (C=N–C) groups is 1. The second-order valence-corrected chi connectivity index (χ2v) is 9.00. The molecule has 0 bridgehead atoms. The van der Waals surface area contributed by atoms with Crippen LogP contribution in [-0.4, -0.2) is 33.5 Å². The molecule has 1 heterocycles. The number of nitrogens with one attached hydrogen (secondary N) is 1. The molecule has 0 atom stereocenters. The number of carboxylic acid groups (broad SMARTS) is 1. The quantitative estimate of drug-likeness (QED) is 0.230. The van der Waals surface area contributed by atoms with Gasteiger partial charge in [-0.2, -0.15) is 10.5 Å². The number of aromatic nitrogens is 2. The number of aryl methyl sites for hydroxylation is 2. The van der Waals surface area contributed by atoms with Crippen LogP contribution >= 0.6 is 0 Å². The lowest BCUT2D eigenvalue weighted by atomic mass is 9.99. The van der Waals surface area contributed by atoms with E-state index in [-0.39, 0.29) is 5.56 Å². The van der Waals surface area contributed by atoms with Crippen molar-refractivity contribution >= 4 is 28.5 Å². The van der Waals surface area contributed by atoms with E-state index in [1.807, 2.05) is 67.6 Å². The third kappa shape index (κ3) is 5.25. The molecule has 8 heteroatoms. The van der Waals surface area contributed by atoms with Crippen LogP contribution in [0.2, 0.25) is 0 Å². The molecule has 0 saturated carbocycles. The van der Waals surface area contributed by atoms with Gasteiger partial charge in [0, 0.05) is 25.7 Å². The molecule has 0 aliphatic carbocycles. The van der Waals surface area contributed by atoms with Gasteiger partial charge in [-0.05, 0) is 53.8 Å². The summed E-state index contributed by atoms with van der Waals surface area (Å²) in [5.74, 6) is -0.669. The number of fused-ring (bicyclic) bond motifs is 1. The predicted molar refractivity (Wildman–Crippen MR) is 148 cm³/mol. The number of hydrogen-bond acceptors (Lipinski definition) is 5. The van der Waals surface area contributed by atoms with E-state index in [9.17, 15) is 20.4 Å². The monoisotopic (exact) mass is 504 g/mol. The van der Waals surface area contributed by atoms with Crippen molar-refractivity contribution < 1.29 is 9.90 Å². The Labute approximate surface area is 221 Å². The minimum atomic E-state index is -0.985. The molecule has 2 N–H and O–H groups in total. The number of benzene rings is 3. The highest BCUT2D eigenvalue weighted by atomic mass is 16.4. The maximum atomic E-state index is 11.7. The lowest BCUT2D eigenvalue weighted by Gasteiger charge is -2.13. The summed E-state index contributed by atoms with van der Waals surface area (Å²) in [4.78, 5) is 20.7. The molecule has 0 fully saturated rings. The summed E-state index contributed by atoms with van der Waals surface area (Å²) >= 11 is 0. The highest BCUT2D eigenvalue weighted by molar-refractivity contribution is 6.01. The summed E-state index contributed by atoms with van der Waals surface area (Å²) in [6.07, 6.45) is 1.75. The summed E-state index contributed by atoms with van der Waals surface area (Å²) < 4.78 is 2.19. The van der Waals surface area contributed by atoms with Crippen LogP contribution in [-0.2, 0) is 13.0 Å². The normalized spacial score (nSPS) is 11.4. The Balaban J connectivity index is 1.72. The summed E-state index contributed by atoms with van der Waals surface area (Å²) in [6.45, 7) is 4.69. The van der Waals surface area contributed by atoms with Gasteiger partial charge in [-0.3, -0.25) is 4.99 Å². The number of anilines is 1. The molecule has 0 spiro atoms. The van der Waals surface area contributed by atoms with Gasteiger partial charge >= 0.3 is 5.97 Å². The minimum absolute atomic E-state index is 0.270. The van der Waals surface area contributed by atoms with E-state index in [1.165, 1.54) is 0 Å². The number of carbonyl (C=O) groups is 1. The first kappa shape index (κ1) is 26.1. The van der Waals surface area contributed by atoms with Crippen LogP contribution in [0.15, 0.2) is 65.7 Å². The Morgan fingerprint density at radius 2 is 1.84 bits per heavy atom. The van der Waals surface area contributed by atoms with Crippen molar-refractivity contribution in [3.8, 4) is 23.3 Å². The van der Waals surface area contributed by atoms with E-state index < -0.39 is 11.9 Å². The third-order valence-corrected chi connectivity index (χ3v) is 6.41. The number of nitriles is 2. The van der Waals surface area contributed by atoms with E-state index in [4.69, 9.17) is 4.98 Å². The van der Waals surface area contributed by atoms with Crippen molar-refractivity contribution in [3.63, 3.8) is 0 Å². The van der Waals surface area contributed by atoms with E-state index in [2.05, 4.69) is 21.8 Å². The Kier molecular flexibility index (Phi) is 7.84. The van der Waals surface area contributed by atoms with Crippen molar-refractivity contribution in [1.29, 1.82) is 10.5 Å². The summed E-state index contributed by atoms with van der Waals surface area (Å²) in [5.41, 5.74) is 6.40. The average Bonchev–Trinajstić information content (AvgIpc) is 3.26. The summed E-state index contributed by atoms with van der Waals surface area (Å²) in [5, 5.41) is 31.3. The molecule has 0 amide bonds. The Morgan fingerprint density at radius 3 is 2.47 bits per heavy atom. The van der Waals surface area contributed by atoms with E-state index in [1.54, 1.807) is 19.2 Å². The zero-order chi connectivity index (χ0) is 27.2. The van der Waals surface area contributed by atoms with Crippen molar-refractivity contribution in [2.75, 3.05) is 12.4 Å². The van der Waals surface area contributed by atoms with Gasteiger partial charge in [-0.15, -0.1) is 0 Å². The first-order chi connectivity index (χ1) is 18.4. The van der Waals surface area contributed by atoms with Gasteiger partial charge in [0.25, 0.3) is 0 Å². The standard InChI is InChI=1S/C30H28N6O2/c1-4-7-27-35-28-19(2)14-23(34-29(33-3)22(16-31)17-32)15-26(28)36(27)18-20-10-12-21(13-11-20)24-8-5-6-9-25(24)30(37)38/h5-6,8-15,22H,4,7,18H2,1-3H3,(H,33,34)(H,37,38). The Bertz CT molecular complexity index is 1590. The van der Waals surface area contributed by atoms with Crippen molar-refractivity contribution in [2.45, 2.75) is 33.2 Å². The van der Waals surface area contributed by atoms with E-state index >= 15 is 0 Å². The van der Waals surface area contributed by atoms with Gasteiger partial charge in [0.05, 0.1) is 28.7 Å². The summed E-state index contributed by atoms with van der Waals surface area (Å²) in [6, 6.07) is 22.7. The number of aromatic carboxylic acids is 1. The summed E-state index contributed by atoms with van der Waals surface area (Å²) in [7, 11) is 1.55. The SMILES string of the molecule is CCCc1nc2c(C)cc(NC(=NC)C(C#N)C#N)cc2n1Cc1ccc(-c2ccccc2C(=O)O)cc1. The van der Waals surface area contributed by atoms with Gasteiger partial charge in [-0.1, -0.05) is 49.4 Å².